The van der Waals surface area contributed by atoms with Gasteiger partial charge in [-0.3, -0.25) is 14.2 Å². The summed E-state index contributed by atoms with van der Waals surface area (Å²) in [6.45, 7) is 4.89. The normalized spacial score (nSPS) is 17.8. The molecule has 8 nitrogen and oxygen atoms in total. The number of anilines is 1. The van der Waals surface area contributed by atoms with Gasteiger partial charge in [-0.1, -0.05) is 23.6 Å². The third-order valence-electron chi connectivity index (χ3n) is 9.23. The zero-order valence-corrected chi connectivity index (χ0v) is 29.1. The maximum Gasteiger partial charge on any atom is 0.293 e. The van der Waals surface area contributed by atoms with Gasteiger partial charge in [-0.05, 0) is 81.3 Å². The molecule has 3 aromatic heterocycles. The van der Waals surface area contributed by atoms with E-state index in [2.05, 4.69) is 27.4 Å². The van der Waals surface area contributed by atoms with Crippen molar-refractivity contribution >= 4 is 34.2 Å². The molecule has 3 N–H and O–H groups in total. The Labute approximate surface area is 299 Å². The van der Waals surface area contributed by atoms with Gasteiger partial charge in [0.25, 0.3) is 12.3 Å². The molecular formula is C37H32ClF6N7O. The van der Waals surface area contributed by atoms with Crippen LogP contribution in [0.5, 0.6) is 0 Å². The third kappa shape index (κ3) is 6.35. The minimum Gasteiger partial charge on any atom is -0.382 e. The molecule has 270 valence electrons. The highest BCUT2D eigenvalue weighted by Gasteiger charge is 2.67. The number of halogens is 7. The summed E-state index contributed by atoms with van der Waals surface area (Å²) in [4.78, 5) is 18.7. The van der Waals surface area contributed by atoms with Crippen LogP contribution in [-0.2, 0) is 30.7 Å². The first-order valence-electron chi connectivity index (χ1n) is 16.4. The molecule has 2 aliphatic rings. The Hall–Kier alpha value is -5.03. The van der Waals surface area contributed by atoms with Crippen molar-refractivity contribution in [1.82, 2.24) is 29.9 Å². The van der Waals surface area contributed by atoms with Crippen LogP contribution in [0.3, 0.4) is 0 Å². The van der Waals surface area contributed by atoms with Gasteiger partial charge in [-0.15, -0.1) is 0 Å². The van der Waals surface area contributed by atoms with E-state index in [0.717, 1.165) is 12.1 Å². The van der Waals surface area contributed by atoms with E-state index in [1.54, 1.807) is 31.3 Å². The molecule has 15 heteroatoms. The summed E-state index contributed by atoms with van der Waals surface area (Å²) < 4.78 is 89.7. The molecule has 0 aliphatic heterocycles. The number of nitrogens with zero attached hydrogens (tertiary/aromatic N) is 5. The van der Waals surface area contributed by atoms with Crippen molar-refractivity contribution in [3.05, 3.63) is 93.0 Å². The quantitative estimate of drug-likeness (QED) is 0.124. The first kappa shape index (κ1) is 35.4. The van der Waals surface area contributed by atoms with Gasteiger partial charge in [0, 0.05) is 41.1 Å². The lowest BCUT2D eigenvalue weighted by Gasteiger charge is -2.23. The number of aryl methyl sites for hydroxylation is 1. The van der Waals surface area contributed by atoms with Crippen LogP contribution in [0, 0.1) is 34.8 Å². The molecule has 0 bridgehead atoms. The summed E-state index contributed by atoms with van der Waals surface area (Å²) in [5.74, 6) is -1.62. The maximum absolute atomic E-state index is 15.3. The standard InChI is InChI=1S/C37H32ClF6N7O/c1-36(2,3)10-9-20-5-6-21(22-7-8-25(38)29-32(22)50(4)49-35(29)45)30(46-20)26(13-17-11-18(39)14-19(40)12-17)47-27(52)16-51-33-28(31(48-51)34(41)42)23-15-24(23)37(33,43)44/h5-8,11-12,14,23-24,26,34H,13,15-16H2,1-4H3,(H2,45,49)(H,47,52)/t23-,24+,26?/m0/s1. The zero-order chi connectivity index (χ0) is 37.4. The lowest BCUT2D eigenvalue weighted by atomic mass is 9.93. The van der Waals surface area contributed by atoms with Crippen LogP contribution in [-0.4, -0.2) is 30.5 Å². The van der Waals surface area contributed by atoms with Crippen LogP contribution in [0.4, 0.5) is 32.2 Å². The number of amides is 1. The number of hydrogen-bond donors (Lipinski definition) is 2. The Kier molecular flexibility index (Phi) is 8.56. The highest BCUT2D eigenvalue weighted by atomic mass is 35.5. The number of pyridine rings is 1. The maximum atomic E-state index is 15.3. The summed E-state index contributed by atoms with van der Waals surface area (Å²) in [5.41, 5.74) is 6.27. The molecular weight excluding hydrogens is 708 g/mol. The van der Waals surface area contributed by atoms with Crippen LogP contribution in [0.1, 0.15) is 79.5 Å². The number of nitrogens with one attached hydrogen (secondary N) is 1. The number of nitrogens with two attached hydrogens (primary N) is 1. The number of alkyl halides is 4. The van der Waals surface area contributed by atoms with Gasteiger partial charge in [0.15, 0.2) is 5.82 Å². The summed E-state index contributed by atoms with van der Waals surface area (Å²) in [6, 6.07) is 8.44. The van der Waals surface area contributed by atoms with Gasteiger partial charge < -0.3 is 11.1 Å². The highest BCUT2D eigenvalue weighted by Crippen LogP contribution is 2.68. The van der Waals surface area contributed by atoms with Crippen molar-refractivity contribution in [1.29, 1.82) is 0 Å². The molecule has 1 saturated carbocycles. The second kappa shape index (κ2) is 12.6. The van der Waals surface area contributed by atoms with Gasteiger partial charge in [-0.25, -0.2) is 22.5 Å². The zero-order valence-electron chi connectivity index (χ0n) is 28.3. The van der Waals surface area contributed by atoms with Gasteiger partial charge in [-0.2, -0.15) is 19.0 Å². The van der Waals surface area contributed by atoms with Crippen molar-refractivity contribution in [2.45, 2.75) is 64.5 Å². The highest BCUT2D eigenvalue weighted by molar-refractivity contribution is 6.37. The number of rotatable bonds is 8. The number of carbonyl (C=O) groups is 1. The van der Waals surface area contributed by atoms with E-state index in [4.69, 9.17) is 22.3 Å². The second-order valence-electron chi connectivity index (χ2n) is 14.2. The van der Waals surface area contributed by atoms with Gasteiger partial charge in [0.1, 0.15) is 35.3 Å². The van der Waals surface area contributed by atoms with Crippen molar-refractivity contribution in [2.24, 2.45) is 18.4 Å². The lowest BCUT2D eigenvalue weighted by molar-refractivity contribution is -0.123. The Balaban J connectivity index is 1.37. The topological polar surface area (TPSA) is 104 Å². The fourth-order valence-electron chi connectivity index (χ4n) is 7.05. The molecule has 52 heavy (non-hydrogen) atoms. The number of benzene rings is 2. The number of fused-ring (bicyclic) bond motifs is 4. The van der Waals surface area contributed by atoms with Crippen LogP contribution in [0.15, 0.2) is 42.5 Å². The van der Waals surface area contributed by atoms with Crippen LogP contribution >= 0.6 is 11.6 Å². The summed E-state index contributed by atoms with van der Waals surface area (Å²) in [6.07, 6.45) is -3.28. The largest absolute Gasteiger partial charge is 0.382 e. The Morgan fingerprint density at radius 3 is 2.44 bits per heavy atom. The molecule has 3 heterocycles. The predicted molar refractivity (Wildman–Crippen MR) is 183 cm³/mol. The molecule has 7 rings (SSSR count). The van der Waals surface area contributed by atoms with Crippen LogP contribution in [0.25, 0.3) is 22.0 Å². The van der Waals surface area contributed by atoms with Gasteiger partial charge in [0.05, 0.1) is 27.7 Å². The summed E-state index contributed by atoms with van der Waals surface area (Å²) in [5, 5.41) is 11.7. The predicted octanol–water partition coefficient (Wildman–Crippen LogP) is 7.99. The first-order valence-corrected chi connectivity index (χ1v) is 16.8. The summed E-state index contributed by atoms with van der Waals surface area (Å²) in [7, 11) is 1.67. The van der Waals surface area contributed by atoms with E-state index in [9.17, 15) is 22.4 Å². The van der Waals surface area contributed by atoms with Crippen LogP contribution < -0.4 is 11.1 Å². The molecule has 2 aromatic carbocycles. The fraction of sp³-hybridized carbons (Fsp3) is 0.351. The third-order valence-corrected chi connectivity index (χ3v) is 9.55. The molecule has 0 radical (unpaired) electrons. The molecule has 3 atom stereocenters. The minimum absolute atomic E-state index is 0.0626. The average Bonchev–Trinajstić information content (AvgIpc) is 3.60. The Morgan fingerprint density at radius 1 is 1.08 bits per heavy atom. The van der Waals surface area contributed by atoms with Crippen LogP contribution in [0.2, 0.25) is 5.02 Å². The molecule has 1 fully saturated rings. The van der Waals surface area contributed by atoms with E-state index in [0.29, 0.717) is 43.5 Å². The van der Waals surface area contributed by atoms with E-state index in [1.165, 1.54) is 4.68 Å². The minimum atomic E-state index is -3.45. The van der Waals surface area contributed by atoms with Gasteiger partial charge in [0.2, 0.25) is 5.91 Å². The van der Waals surface area contributed by atoms with E-state index >= 15 is 8.78 Å². The number of nitrogen functional groups attached to an aromatic ring is 1. The van der Waals surface area contributed by atoms with Crippen molar-refractivity contribution in [3.8, 4) is 23.0 Å². The summed E-state index contributed by atoms with van der Waals surface area (Å²) >= 11 is 6.52. The monoisotopic (exact) mass is 739 g/mol. The van der Waals surface area contributed by atoms with Crippen molar-refractivity contribution in [2.75, 3.05) is 5.73 Å². The molecule has 0 spiro atoms. The van der Waals surface area contributed by atoms with Crippen molar-refractivity contribution in [3.63, 3.8) is 0 Å². The number of carbonyl (C=O) groups excluding carboxylic acids is 1. The van der Waals surface area contributed by atoms with Crippen molar-refractivity contribution < 1.29 is 31.1 Å². The Morgan fingerprint density at radius 2 is 1.77 bits per heavy atom. The number of hydrogen-bond acceptors (Lipinski definition) is 5. The SMILES string of the molecule is Cn1nc(N)c2c(Cl)ccc(-c3ccc(C#CC(C)(C)C)nc3C(Cc3cc(F)cc(F)c3)NC(=O)Cn3nc(C(F)F)c4c3C(F)(F)[C@@H]3C[C@H]43)c21. The smallest absolute Gasteiger partial charge is 0.293 e. The molecule has 1 unspecified atom stereocenters. The fourth-order valence-corrected chi connectivity index (χ4v) is 7.30. The van der Waals surface area contributed by atoms with E-state index < -0.39 is 71.1 Å². The van der Waals surface area contributed by atoms with E-state index in [1.807, 2.05) is 20.8 Å². The lowest BCUT2D eigenvalue weighted by Crippen LogP contribution is -2.35. The molecule has 2 aliphatic carbocycles. The number of aromatic nitrogens is 5. The molecule has 5 aromatic rings. The molecule has 1 amide bonds. The second-order valence-corrected chi connectivity index (χ2v) is 14.6. The Bertz CT molecular complexity index is 2310. The average molecular weight is 740 g/mol. The molecule has 0 saturated heterocycles. The first-order chi connectivity index (χ1) is 24.4. The van der Waals surface area contributed by atoms with Gasteiger partial charge >= 0.3 is 0 Å². The van der Waals surface area contributed by atoms with E-state index in [-0.39, 0.29) is 35.5 Å².